The number of carbonyl (C=O) groups excluding carboxylic acids is 2. The van der Waals surface area contributed by atoms with E-state index in [0.717, 1.165) is 45.4 Å². The number of nitrogens with two attached hydrogens (primary N) is 1. The number of rotatable bonds is 6. The monoisotopic (exact) mass is 284 g/mol. The van der Waals surface area contributed by atoms with Gasteiger partial charge in [-0.1, -0.05) is 0 Å². The maximum Gasteiger partial charge on any atom is 0.236 e. The highest BCUT2D eigenvalue weighted by Gasteiger charge is 2.20. The van der Waals surface area contributed by atoms with Crippen molar-refractivity contribution < 1.29 is 9.59 Å². The first-order valence-electron chi connectivity index (χ1n) is 7.45. The molecule has 0 aromatic rings. The fourth-order valence-electron chi connectivity index (χ4n) is 2.29. The van der Waals surface area contributed by atoms with Gasteiger partial charge in [0.1, 0.15) is 0 Å². The predicted octanol–water partition coefficient (Wildman–Crippen LogP) is -0.262. The highest BCUT2D eigenvalue weighted by atomic mass is 16.2. The molecule has 1 fully saturated rings. The predicted molar refractivity (Wildman–Crippen MR) is 79.2 cm³/mol. The van der Waals surface area contributed by atoms with Crippen LogP contribution in [0.3, 0.4) is 0 Å². The summed E-state index contributed by atoms with van der Waals surface area (Å²) in [5, 5.41) is 0. The summed E-state index contributed by atoms with van der Waals surface area (Å²) in [6.07, 6.45) is 3.30. The summed E-state index contributed by atoms with van der Waals surface area (Å²) >= 11 is 0. The minimum Gasteiger partial charge on any atom is -0.348 e. The van der Waals surface area contributed by atoms with Crippen molar-refractivity contribution in [2.75, 3.05) is 53.4 Å². The molecule has 0 spiro atoms. The maximum absolute atomic E-state index is 12.1. The van der Waals surface area contributed by atoms with Crippen LogP contribution in [0.25, 0.3) is 0 Å². The lowest BCUT2D eigenvalue weighted by molar-refractivity contribution is -0.131. The maximum atomic E-state index is 12.1. The van der Waals surface area contributed by atoms with Crippen LogP contribution in [0.2, 0.25) is 0 Å². The summed E-state index contributed by atoms with van der Waals surface area (Å²) < 4.78 is 0. The molecule has 0 saturated carbocycles. The molecule has 20 heavy (non-hydrogen) atoms. The van der Waals surface area contributed by atoms with Crippen LogP contribution in [-0.2, 0) is 9.59 Å². The van der Waals surface area contributed by atoms with Crippen LogP contribution in [0.5, 0.6) is 0 Å². The van der Waals surface area contributed by atoms with Crippen LogP contribution in [0.1, 0.15) is 25.7 Å². The van der Waals surface area contributed by atoms with Crippen LogP contribution >= 0.6 is 0 Å². The minimum absolute atomic E-state index is 0.118. The van der Waals surface area contributed by atoms with Crippen molar-refractivity contribution in [1.29, 1.82) is 0 Å². The van der Waals surface area contributed by atoms with E-state index in [9.17, 15) is 9.59 Å². The third-order valence-electron chi connectivity index (χ3n) is 3.64. The van der Waals surface area contributed by atoms with Gasteiger partial charge in [0.15, 0.2) is 0 Å². The van der Waals surface area contributed by atoms with Crippen LogP contribution in [0.15, 0.2) is 0 Å². The minimum atomic E-state index is 0.118. The van der Waals surface area contributed by atoms with Crippen molar-refractivity contribution in [3.8, 4) is 0 Å². The van der Waals surface area contributed by atoms with E-state index in [-0.39, 0.29) is 11.8 Å². The Balaban J connectivity index is 2.35. The Labute approximate surface area is 121 Å². The summed E-state index contributed by atoms with van der Waals surface area (Å²) in [4.78, 5) is 29.4. The third-order valence-corrected chi connectivity index (χ3v) is 3.64. The summed E-state index contributed by atoms with van der Waals surface area (Å²) in [6.45, 7) is 4.28. The van der Waals surface area contributed by atoms with Crippen molar-refractivity contribution in [3.63, 3.8) is 0 Å². The quantitative estimate of drug-likeness (QED) is 0.682. The largest absolute Gasteiger partial charge is 0.348 e. The van der Waals surface area contributed by atoms with Gasteiger partial charge in [0.05, 0.1) is 6.54 Å². The van der Waals surface area contributed by atoms with Crippen LogP contribution < -0.4 is 5.73 Å². The van der Waals surface area contributed by atoms with E-state index in [1.807, 2.05) is 4.90 Å². The molecule has 1 saturated heterocycles. The number of hydrogen-bond acceptors (Lipinski definition) is 4. The second kappa shape index (κ2) is 8.92. The normalized spacial score (nSPS) is 16.9. The first kappa shape index (κ1) is 16.9. The molecule has 1 aliphatic heterocycles. The molecule has 1 heterocycles. The Bertz CT molecular complexity index is 320. The van der Waals surface area contributed by atoms with Gasteiger partial charge in [0.25, 0.3) is 0 Å². The SMILES string of the molecule is CN(C)C(=O)CN1CCCN(C(=O)CCCCN)CC1. The molecule has 6 nitrogen and oxygen atoms in total. The number of unbranched alkanes of at least 4 members (excludes halogenated alkanes) is 1. The summed E-state index contributed by atoms with van der Waals surface area (Å²) in [5.74, 6) is 0.340. The zero-order valence-electron chi connectivity index (χ0n) is 12.8. The Morgan fingerprint density at radius 1 is 1.10 bits per heavy atom. The molecule has 0 bridgehead atoms. The zero-order valence-corrected chi connectivity index (χ0v) is 12.8. The Morgan fingerprint density at radius 3 is 2.50 bits per heavy atom. The van der Waals surface area contributed by atoms with E-state index in [0.29, 0.717) is 19.5 Å². The second-order valence-electron chi connectivity index (χ2n) is 5.54. The molecular formula is C14H28N4O2. The Kier molecular flexibility index (Phi) is 7.54. The third kappa shape index (κ3) is 5.88. The fourth-order valence-corrected chi connectivity index (χ4v) is 2.29. The van der Waals surface area contributed by atoms with Crippen molar-refractivity contribution in [3.05, 3.63) is 0 Å². The average Bonchev–Trinajstić information content (AvgIpc) is 2.64. The number of likely N-dealkylation sites (N-methyl/N-ethyl adjacent to an activating group) is 1. The van der Waals surface area contributed by atoms with E-state index in [2.05, 4.69) is 4.90 Å². The lowest BCUT2D eigenvalue weighted by atomic mass is 10.2. The molecule has 0 aliphatic carbocycles. The zero-order chi connectivity index (χ0) is 15.0. The van der Waals surface area contributed by atoms with Gasteiger partial charge in [-0.2, -0.15) is 0 Å². The van der Waals surface area contributed by atoms with Gasteiger partial charge >= 0.3 is 0 Å². The molecule has 116 valence electrons. The Hall–Kier alpha value is -1.14. The summed E-state index contributed by atoms with van der Waals surface area (Å²) in [6, 6.07) is 0. The number of carbonyl (C=O) groups is 2. The molecule has 2 N–H and O–H groups in total. The molecule has 0 unspecified atom stereocenters. The van der Waals surface area contributed by atoms with Crippen LogP contribution in [-0.4, -0.2) is 79.9 Å². The van der Waals surface area contributed by atoms with Gasteiger partial charge in [-0.25, -0.2) is 0 Å². The topological polar surface area (TPSA) is 69.9 Å². The molecule has 2 amide bonds. The number of nitrogens with zero attached hydrogens (tertiary/aromatic N) is 3. The molecule has 0 aromatic heterocycles. The van der Waals surface area contributed by atoms with E-state index in [1.165, 1.54) is 0 Å². The van der Waals surface area contributed by atoms with Crippen molar-refractivity contribution >= 4 is 11.8 Å². The molecule has 0 atom stereocenters. The smallest absolute Gasteiger partial charge is 0.236 e. The Morgan fingerprint density at radius 2 is 1.85 bits per heavy atom. The first-order valence-corrected chi connectivity index (χ1v) is 7.45. The van der Waals surface area contributed by atoms with E-state index in [4.69, 9.17) is 5.73 Å². The lowest BCUT2D eigenvalue weighted by Gasteiger charge is -2.22. The molecule has 6 heteroatoms. The standard InChI is InChI=1S/C14H28N4O2/c1-16(2)14(20)12-17-8-5-9-18(11-10-17)13(19)6-3-4-7-15/h3-12,15H2,1-2H3. The van der Waals surface area contributed by atoms with E-state index < -0.39 is 0 Å². The van der Waals surface area contributed by atoms with Crippen molar-refractivity contribution in [2.45, 2.75) is 25.7 Å². The van der Waals surface area contributed by atoms with E-state index >= 15 is 0 Å². The van der Waals surface area contributed by atoms with Gasteiger partial charge in [-0.05, 0) is 25.8 Å². The average molecular weight is 284 g/mol. The lowest BCUT2D eigenvalue weighted by Crippen LogP contribution is -2.39. The summed E-state index contributed by atoms with van der Waals surface area (Å²) in [7, 11) is 3.54. The molecule has 1 rings (SSSR count). The summed E-state index contributed by atoms with van der Waals surface area (Å²) in [5.41, 5.74) is 5.44. The highest BCUT2D eigenvalue weighted by Crippen LogP contribution is 2.07. The number of amides is 2. The molecule has 0 aromatic carbocycles. The van der Waals surface area contributed by atoms with Gasteiger partial charge in [-0.15, -0.1) is 0 Å². The highest BCUT2D eigenvalue weighted by molar-refractivity contribution is 5.78. The van der Waals surface area contributed by atoms with Gasteiger partial charge in [0.2, 0.25) is 11.8 Å². The van der Waals surface area contributed by atoms with Crippen molar-refractivity contribution in [2.24, 2.45) is 5.73 Å². The van der Waals surface area contributed by atoms with Gasteiger partial charge in [0, 0.05) is 46.7 Å². The van der Waals surface area contributed by atoms with Gasteiger partial charge in [-0.3, -0.25) is 14.5 Å². The first-order chi connectivity index (χ1) is 9.54. The fraction of sp³-hybridized carbons (Fsp3) is 0.857. The van der Waals surface area contributed by atoms with Crippen molar-refractivity contribution in [1.82, 2.24) is 14.7 Å². The van der Waals surface area contributed by atoms with E-state index in [1.54, 1.807) is 19.0 Å². The number of hydrogen-bond donors (Lipinski definition) is 1. The van der Waals surface area contributed by atoms with Gasteiger partial charge < -0.3 is 15.5 Å². The van der Waals surface area contributed by atoms with Crippen LogP contribution in [0, 0.1) is 0 Å². The van der Waals surface area contributed by atoms with Crippen LogP contribution in [0.4, 0.5) is 0 Å². The second-order valence-corrected chi connectivity index (χ2v) is 5.54. The molecular weight excluding hydrogens is 256 g/mol. The molecule has 1 aliphatic rings. The molecule has 0 radical (unpaired) electrons.